The number of rotatable bonds is 2. The number of ether oxygens (including phenoxy) is 1. The number of aromatic nitrogens is 1. The van der Waals surface area contributed by atoms with Gasteiger partial charge in [0.15, 0.2) is 11.6 Å². The highest BCUT2D eigenvalue weighted by molar-refractivity contribution is 5.64. The van der Waals surface area contributed by atoms with Crippen molar-refractivity contribution < 1.29 is 14.2 Å². The van der Waals surface area contributed by atoms with Gasteiger partial charge in [0.25, 0.3) is 0 Å². The number of methoxy groups -OCH3 is 1. The fraction of sp³-hybridized carbons (Fsp3) is 0.0833. The molecule has 0 saturated carbocycles. The third-order valence-electron chi connectivity index (χ3n) is 2.23. The van der Waals surface area contributed by atoms with Crippen molar-refractivity contribution in [2.45, 2.75) is 0 Å². The van der Waals surface area contributed by atoms with Crippen LogP contribution in [0.15, 0.2) is 36.5 Å². The average molecular weight is 219 g/mol. The second kappa shape index (κ2) is 4.18. The fourth-order valence-corrected chi connectivity index (χ4v) is 1.39. The minimum Gasteiger partial charge on any atom is -0.505 e. The molecule has 0 saturated heterocycles. The summed E-state index contributed by atoms with van der Waals surface area (Å²) in [6.45, 7) is 0. The predicted octanol–water partition coefficient (Wildman–Crippen LogP) is 2.60. The first-order valence-electron chi connectivity index (χ1n) is 4.69. The van der Waals surface area contributed by atoms with Crippen molar-refractivity contribution in [1.82, 2.24) is 4.98 Å². The van der Waals surface area contributed by atoms with Crippen LogP contribution in [-0.4, -0.2) is 17.2 Å². The number of phenols is 1. The Hall–Kier alpha value is -2.10. The molecule has 0 fully saturated rings. The molecule has 0 atom stereocenters. The molecular weight excluding hydrogens is 209 g/mol. The Morgan fingerprint density at radius 3 is 2.62 bits per heavy atom. The Morgan fingerprint density at radius 2 is 1.94 bits per heavy atom. The number of hydrogen-bond acceptors (Lipinski definition) is 3. The topological polar surface area (TPSA) is 42.4 Å². The van der Waals surface area contributed by atoms with E-state index in [9.17, 15) is 4.39 Å². The Bertz CT molecular complexity index is 514. The number of nitrogens with zero attached hydrogens (tertiary/aromatic N) is 1. The predicted molar refractivity (Wildman–Crippen MR) is 57.8 cm³/mol. The maximum absolute atomic E-state index is 13.2. The standard InChI is InChI=1S/C12H10FNO2/c1-16-12-7-9(4-5-14-12)8-2-3-11(15)10(13)6-8/h2-7,15H,1H3. The summed E-state index contributed by atoms with van der Waals surface area (Å²) in [5, 5.41) is 9.08. The lowest BCUT2D eigenvalue weighted by atomic mass is 10.1. The SMILES string of the molecule is COc1cc(-c2ccc(O)c(F)c2)ccn1. The quantitative estimate of drug-likeness (QED) is 0.844. The van der Waals surface area contributed by atoms with Gasteiger partial charge in [-0.2, -0.15) is 0 Å². The minimum atomic E-state index is -0.645. The van der Waals surface area contributed by atoms with Gasteiger partial charge in [-0.15, -0.1) is 0 Å². The molecule has 16 heavy (non-hydrogen) atoms. The summed E-state index contributed by atoms with van der Waals surface area (Å²) in [7, 11) is 1.52. The highest BCUT2D eigenvalue weighted by Gasteiger charge is 2.04. The zero-order valence-electron chi connectivity index (χ0n) is 8.64. The molecule has 1 aromatic heterocycles. The summed E-state index contributed by atoms with van der Waals surface area (Å²) in [5.74, 6) is -0.538. The van der Waals surface area contributed by atoms with Gasteiger partial charge < -0.3 is 9.84 Å². The molecule has 0 amide bonds. The van der Waals surface area contributed by atoms with Crippen molar-refractivity contribution in [2.24, 2.45) is 0 Å². The first-order chi connectivity index (χ1) is 7.70. The van der Waals surface area contributed by atoms with Gasteiger partial charge in [0.1, 0.15) is 0 Å². The lowest BCUT2D eigenvalue weighted by molar-refractivity contribution is 0.398. The smallest absolute Gasteiger partial charge is 0.213 e. The zero-order chi connectivity index (χ0) is 11.5. The molecule has 0 aliphatic heterocycles. The first-order valence-corrected chi connectivity index (χ1v) is 4.69. The lowest BCUT2D eigenvalue weighted by Crippen LogP contribution is -1.88. The Labute approximate surface area is 92.1 Å². The number of hydrogen-bond donors (Lipinski definition) is 1. The highest BCUT2D eigenvalue weighted by atomic mass is 19.1. The molecule has 2 rings (SSSR count). The second-order valence-electron chi connectivity index (χ2n) is 3.25. The summed E-state index contributed by atoms with van der Waals surface area (Å²) < 4.78 is 18.1. The Kier molecular flexibility index (Phi) is 2.72. The normalized spacial score (nSPS) is 10.1. The van der Waals surface area contributed by atoms with Crippen LogP contribution in [0.5, 0.6) is 11.6 Å². The monoisotopic (exact) mass is 219 g/mol. The fourth-order valence-electron chi connectivity index (χ4n) is 1.39. The number of benzene rings is 1. The summed E-state index contributed by atoms with van der Waals surface area (Å²) in [6, 6.07) is 7.66. The molecule has 0 unspecified atom stereocenters. The van der Waals surface area contributed by atoms with E-state index >= 15 is 0 Å². The van der Waals surface area contributed by atoms with Crippen molar-refractivity contribution in [3.63, 3.8) is 0 Å². The summed E-state index contributed by atoms with van der Waals surface area (Å²) >= 11 is 0. The first kappa shape index (κ1) is 10.4. The maximum atomic E-state index is 13.2. The summed E-state index contributed by atoms with van der Waals surface area (Å²) in [6.07, 6.45) is 1.58. The van der Waals surface area contributed by atoms with Crippen molar-refractivity contribution in [1.29, 1.82) is 0 Å². The van der Waals surface area contributed by atoms with Crippen LogP contribution in [0.3, 0.4) is 0 Å². The van der Waals surface area contributed by atoms with E-state index in [0.29, 0.717) is 11.4 Å². The van der Waals surface area contributed by atoms with Crippen LogP contribution in [0.2, 0.25) is 0 Å². The van der Waals surface area contributed by atoms with E-state index in [2.05, 4.69) is 4.98 Å². The molecule has 82 valence electrons. The summed E-state index contributed by atoms with van der Waals surface area (Å²) in [4.78, 5) is 3.96. The molecule has 0 aliphatic carbocycles. The number of phenolic OH excluding ortho intramolecular Hbond substituents is 1. The van der Waals surface area contributed by atoms with Gasteiger partial charge in [-0.25, -0.2) is 9.37 Å². The van der Waals surface area contributed by atoms with Crippen LogP contribution in [0.25, 0.3) is 11.1 Å². The average Bonchev–Trinajstić information content (AvgIpc) is 2.33. The van der Waals surface area contributed by atoms with Crippen molar-refractivity contribution >= 4 is 0 Å². The van der Waals surface area contributed by atoms with E-state index in [0.717, 1.165) is 5.56 Å². The molecule has 0 aliphatic rings. The van der Waals surface area contributed by atoms with Gasteiger partial charge in [-0.3, -0.25) is 0 Å². The maximum Gasteiger partial charge on any atom is 0.213 e. The molecule has 4 heteroatoms. The van der Waals surface area contributed by atoms with Crippen LogP contribution in [0.4, 0.5) is 4.39 Å². The zero-order valence-corrected chi connectivity index (χ0v) is 8.64. The second-order valence-corrected chi connectivity index (χ2v) is 3.25. The molecule has 2 aromatic rings. The van der Waals surface area contributed by atoms with Crippen molar-refractivity contribution in [3.8, 4) is 22.8 Å². The molecule has 1 heterocycles. The Balaban J connectivity index is 2.46. The van der Waals surface area contributed by atoms with E-state index in [1.165, 1.54) is 19.2 Å². The minimum absolute atomic E-state index is 0.357. The number of halogens is 1. The van der Waals surface area contributed by atoms with Gasteiger partial charge in [-0.1, -0.05) is 6.07 Å². The van der Waals surface area contributed by atoms with Crippen molar-refractivity contribution in [3.05, 3.63) is 42.3 Å². The highest BCUT2D eigenvalue weighted by Crippen LogP contribution is 2.26. The van der Waals surface area contributed by atoms with Crippen LogP contribution in [0, 0.1) is 5.82 Å². The third kappa shape index (κ3) is 1.95. The van der Waals surface area contributed by atoms with Gasteiger partial charge in [0, 0.05) is 12.3 Å². The number of pyridine rings is 1. The van der Waals surface area contributed by atoms with E-state index in [1.54, 1.807) is 24.4 Å². The van der Waals surface area contributed by atoms with E-state index in [1.807, 2.05) is 0 Å². The third-order valence-corrected chi connectivity index (χ3v) is 2.23. The van der Waals surface area contributed by atoms with Crippen LogP contribution < -0.4 is 4.74 Å². The van der Waals surface area contributed by atoms with E-state index in [-0.39, 0.29) is 5.75 Å². The number of aromatic hydroxyl groups is 1. The molecule has 0 bridgehead atoms. The van der Waals surface area contributed by atoms with Gasteiger partial charge in [-0.05, 0) is 29.3 Å². The molecule has 0 spiro atoms. The largest absolute Gasteiger partial charge is 0.505 e. The van der Waals surface area contributed by atoms with Gasteiger partial charge in [0.2, 0.25) is 5.88 Å². The van der Waals surface area contributed by atoms with Gasteiger partial charge >= 0.3 is 0 Å². The lowest BCUT2D eigenvalue weighted by Gasteiger charge is -2.04. The molecule has 0 radical (unpaired) electrons. The molecule has 1 aromatic carbocycles. The van der Waals surface area contributed by atoms with E-state index < -0.39 is 5.82 Å². The van der Waals surface area contributed by atoms with E-state index in [4.69, 9.17) is 9.84 Å². The molecular formula is C12H10FNO2. The van der Waals surface area contributed by atoms with Crippen LogP contribution >= 0.6 is 0 Å². The summed E-state index contributed by atoms with van der Waals surface area (Å²) in [5.41, 5.74) is 1.45. The molecule has 3 nitrogen and oxygen atoms in total. The van der Waals surface area contributed by atoms with Gasteiger partial charge in [0.05, 0.1) is 7.11 Å². The Morgan fingerprint density at radius 1 is 1.19 bits per heavy atom. The molecule has 1 N–H and O–H groups in total. The van der Waals surface area contributed by atoms with Crippen LogP contribution in [-0.2, 0) is 0 Å². The van der Waals surface area contributed by atoms with Crippen LogP contribution in [0.1, 0.15) is 0 Å². The van der Waals surface area contributed by atoms with Crippen molar-refractivity contribution in [2.75, 3.05) is 7.11 Å².